The number of aromatic nitrogens is 2. The Bertz CT molecular complexity index is 829. The Balaban J connectivity index is 1.88. The van der Waals surface area contributed by atoms with Crippen LogP contribution in [0.1, 0.15) is 22.6 Å². The van der Waals surface area contributed by atoms with Gasteiger partial charge in [-0.05, 0) is 30.2 Å². The molecule has 0 amide bonds. The first-order valence-electron chi connectivity index (χ1n) is 7.43. The molecule has 0 N–H and O–H groups in total. The van der Waals surface area contributed by atoms with Gasteiger partial charge in [0.15, 0.2) is 5.71 Å². The zero-order chi connectivity index (χ0) is 16.8. The van der Waals surface area contributed by atoms with E-state index in [1.54, 1.807) is 0 Å². The van der Waals surface area contributed by atoms with Crippen LogP contribution in [0.25, 0.3) is 0 Å². The SMILES string of the molecule is CO/N=C(\c1nnco1)c1ccccc1COc1cccc(C)c1. The molecule has 1 aromatic heterocycles. The summed E-state index contributed by atoms with van der Waals surface area (Å²) in [6.45, 7) is 2.41. The van der Waals surface area contributed by atoms with Crippen LogP contribution in [0.2, 0.25) is 0 Å². The highest BCUT2D eigenvalue weighted by molar-refractivity contribution is 6.10. The molecule has 3 aromatic rings. The summed E-state index contributed by atoms with van der Waals surface area (Å²) in [7, 11) is 1.47. The van der Waals surface area contributed by atoms with Gasteiger partial charge in [0.2, 0.25) is 6.39 Å². The van der Waals surface area contributed by atoms with Crippen molar-refractivity contribution in [2.75, 3.05) is 7.11 Å². The number of oxime groups is 1. The first kappa shape index (κ1) is 15.7. The number of hydrogen-bond acceptors (Lipinski definition) is 6. The van der Waals surface area contributed by atoms with Gasteiger partial charge in [-0.3, -0.25) is 0 Å². The van der Waals surface area contributed by atoms with Crippen molar-refractivity contribution in [2.45, 2.75) is 13.5 Å². The molecule has 0 atom stereocenters. The number of rotatable bonds is 6. The lowest BCUT2D eigenvalue weighted by Gasteiger charge is -2.11. The van der Waals surface area contributed by atoms with E-state index >= 15 is 0 Å². The van der Waals surface area contributed by atoms with E-state index in [-0.39, 0.29) is 0 Å². The third kappa shape index (κ3) is 3.60. The number of benzene rings is 2. The highest BCUT2D eigenvalue weighted by Gasteiger charge is 2.17. The molecule has 0 saturated carbocycles. The molecule has 0 radical (unpaired) electrons. The molecule has 2 aromatic carbocycles. The minimum absolute atomic E-state index is 0.292. The fourth-order valence-corrected chi connectivity index (χ4v) is 2.31. The van der Waals surface area contributed by atoms with E-state index in [0.29, 0.717) is 18.2 Å². The molecule has 0 fully saturated rings. The van der Waals surface area contributed by atoms with E-state index in [1.165, 1.54) is 13.5 Å². The molecule has 0 unspecified atom stereocenters. The molecule has 0 bridgehead atoms. The van der Waals surface area contributed by atoms with E-state index < -0.39 is 0 Å². The summed E-state index contributed by atoms with van der Waals surface area (Å²) in [4.78, 5) is 4.94. The fraction of sp³-hybridized carbons (Fsp3) is 0.167. The number of hydrogen-bond donors (Lipinski definition) is 0. The minimum Gasteiger partial charge on any atom is -0.489 e. The lowest BCUT2D eigenvalue weighted by Crippen LogP contribution is -2.10. The second-order valence-corrected chi connectivity index (χ2v) is 5.13. The van der Waals surface area contributed by atoms with Gasteiger partial charge >= 0.3 is 0 Å². The third-order valence-electron chi connectivity index (χ3n) is 3.40. The Morgan fingerprint density at radius 2 is 2.04 bits per heavy atom. The van der Waals surface area contributed by atoms with Crippen LogP contribution in [-0.2, 0) is 11.4 Å². The highest BCUT2D eigenvalue weighted by atomic mass is 16.6. The second-order valence-electron chi connectivity index (χ2n) is 5.13. The maximum Gasteiger partial charge on any atom is 0.270 e. The van der Waals surface area contributed by atoms with Crippen molar-refractivity contribution in [3.8, 4) is 5.75 Å². The van der Waals surface area contributed by atoms with Gasteiger partial charge in [-0.25, -0.2) is 0 Å². The van der Waals surface area contributed by atoms with E-state index in [0.717, 1.165) is 22.4 Å². The summed E-state index contributed by atoms with van der Waals surface area (Å²) in [6.07, 6.45) is 1.26. The zero-order valence-corrected chi connectivity index (χ0v) is 13.5. The van der Waals surface area contributed by atoms with Crippen LogP contribution in [0.15, 0.2) is 64.5 Å². The topological polar surface area (TPSA) is 69.7 Å². The van der Waals surface area contributed by atoms with Crippen molar-refractivity contribution in [1.82, 2.24) is 10.2 Å². The number of nitrogens with zero attached hydrogens (tertiary/aromatic N) is 3. The number of aryl methyl sites for hydroxylation is 1. The predicted molar refractivity (Wildman–Crippen MR) is 88.9 cm³/mol. The highest BCUT2D eigenvalue weighted by Crippen LogP contribution is 2.19. The maximum atomic E-state index is 5.90. The van der Waals surface area contributed by atoms with E-state index in [1.807, 2.05) is 55.5 Å². The Labute approximate surface area is 139 Å². The van der Waals surface area contributed by atoms with Crippen molar-refractivity contribution in [1.29, 1.82) is 0 Å². The fourth-order valence-electron chi connectivity index (χ4n) is 2.31. The Kier molecular flexibility index (Phi) is 4.86. The van der Waals surface area contributed by atoms with Crippen LogP contribution in [-0.4, -0.2) is 23.0 Å². The molecule has 0 aliphatic rings. The van der Waals surface area contributed by atoms with Crippen LogP contribution in [0, 0.1) is 6.92 Å². The van der Waals surface area contributed by atoms with Gasteiger partial charge in [-0.1, -0.05) is 41.6 Å². The summed E-state index contributed by atoms with van der Waals surface area (Å²) in [6, 6.07) is 15.6. The van der Waals surface area contributed by atoms with Gasteiger partial charge in [0.1, 0.15) is 19.5 Å². The average Bonchev–Trinajstić information content (AvgIpc) is 3.13. The largest absolute Gasteiger partial charge is 0.489 e. The van der Waals surface area contributed by atoms with E-state index in [2.05, 4.69) is 15.4 Å². The first-order chi connectivity index (χ1) is 11.8. The van der Waals surface area contributed by atoms with Crippen LogP contribution >= 0.6 is 0 Å². The van der Waals surface area contributed by atoms with Crippen LogP contribution in [0.4, 0.5) is 0 Å². The zero-order valence-electron chi connectivity index (χ0n) is 13.5. The van der Waals surface area contributed by atoms with Gasteiger partial charge in [0, 0.05) is 5.56 Å². The standard InChI is InChI=1S/C18H17N3O3/c1-13-6-5-8-15(10-13)23-11-14-7-3-4-9-16(14)17(21-22-2)18-20-19-12-24-18/h3-10,12H,11H2,1-2H3/b21-17-. The van der Waals surface area contributed by atoms with Crippen molar-refractivity contribution in [2.24, 2.45) is 5.16 Å². The summed E-state index contributed by atoms with van der Waals surface area (Å²) in [5, 5.41) is 11.6. The van der Waals surface area contributed by atoms with Crippen molar-refractivity contribution >= 4 is 5.71 Å². The van der Waals surface area contributed by atoms with Crippen molar-refractivity contribution < 1.29 is 14.0 Å². The predicted octanol–water partition coefficient (Wildman–Crippen LogP) is 3.36. The van der Waals surface area contributed by atoms with E-state index in [9.17, 15) is 0 Å². The molecule has 24 heavy (non-hydrogen) atoms. The summed E-state index contributed by atoms with van der Waals surface area (Å²) in [5.41, 5.74) is 3.37. The van der Waals surface area contributed by atoms with Crippen molar-refractivity contribution in [3.05, 3.63) is 77.5 Å². The molecule has 0 aliphatic carbocycles. The Morgan fingerprint density at radius 3 is 2.79 bits per heavy atom. The minimum atomic E-state index is 0.292. The van der Waals surface area contributed by atoms with Gasteiger partial charge in [-0.2, -0.15) is 0 Å². The summed E-state index contributed by atoms with van der Waals surface area (Å²) in [5.74, 6) is 1.10. The van der Waals surface area contributed by atoms with Crippen molar-refractivity contribution in [3.63, 3.8) is 0 Å². The van der Waals surface area contributed by atoms with Gasteiger partial charge < -0.3 is 14.0 Å². The Hall–Kier alpha value is -3.15. The quantitative estimate of drug-likeness (QED) is 0.514. The van der Waals surface area contributed by atoms with Gasteiger partial charge in [0.05, 0.1) is 0 Å². The van der Waals surface area contributed by atoms with Crippen LogP contribution < -0.4 is 4.74 Å². The molecule has 1 heterocycles. The normalized spacial score (nSPS) is 11.3. The van der Waals surface area contributed by atoms with Crippen LogP contribution in [0.3, 0.4) is 0 Å². The Morgan fingerprint density at radius 1 is 1.17 bits per heavy atom. The summed E-state index contributed by atoms with van der Waals surface area (Å²) >= 11 is 0. The molecule has 0 saturated heterocycles. The van der Waals surface area contributed by atoms with E-state index in [4.69, 9.17) is 14.0 Å². The second kappa shape index (κ2) is 7.41. The van der Waals surface area contributed by atoms with Crippen LogP contribution in [0.5, 0.6) is 5.75 Å². The van der Waals surface area contributed by atoms with Gasteiger partial charge in [0.25, 0.3) is 5.89 Å². The first-order valence-corrected chi connectivity index (χ1v) is 7.43. The van der Waals surface area contributed by atoms with Gasteiger partial charge in [-0.15, -0.1) is 10.2 Å². The number of ether oxygens (including phenoxy) is 1. The molecular weight excluding hydrogens is 306 g/mol. The smallest absolute Gasteiger partial charge is 0.270 e. The molecule has 122 valence electrons. The third-order valence-corrected chi connectivity index (χ3v) is 3.40. The molecule has 6 heteroatoms. The molecule has 6 nitrogen and oxygen atoms in total. The molecule has 3 rings (SSSR count). The lowest BCUT2D eigenvalue weighted by atomic mass is 10.0. The summed E-state index contributed by atoms with van der Waals surface area (Å²) < 4.78 is 11.2. The monoisotopic (exact) mass is 323 g/mol. The molecular formula is C18H17N3O3. The lowest BCUT2D eigenvalue weighted by molar-refractivity contribution is 0.213. The average molecular weight is 323 g/mol. The molecule has 0 aliphatic heterocycles. The maximum absolute atomic E-state index is 5.90. The molecule has 0 spiro atoms.